The van der Waals surface area contributed by atoms with Crippen LogP contribution in [0.4, 0.5) is 0 Å². The van der Waals surface area contributed by atoms with Gasteiger partial charge in [-0.15, -0.1) is 5.10 Å². The number of pyridine rings is 1. The average Bonchev–Trinajstić information content (AvgIpc) is 3.34. The molecule has 0 radical (unpaired) electrons. The van der Waals surface area contributed by atoms with E-state index in [1.54, 1.807) is 0 Å². The SMILES string of the molecule is O=C1/C=C\C(=O)Oc2c(cn3nc(OCCCCN4CCN(C5CCCCC5)CC4)c4oc(=O)ccc(=O)oc2c43)O1. The van der Waals surface area contributed by atoms with E-state index in [9.17, 15) is 19.2 Å². The van der Waals surface area contributed by atoms with Gasteiger partial charge in [-0.1, -0.05) is 19.3 Å². The summed E-state index contributed by atoms with van der Waals surface area (Å²) < 4.78 is 28.5. The molecule has 0 bridgehead atoms. The van der Waals surface area contributed by atoms with Crippen molar-refractivity contribution in [2.75, 3.05) is 39.3 Å². The Morgan fingerprint density at radius 1 is 0.833 bits per heavy atom. The topological polar surface area (TPSA) is 146 Å². The lowest BCUT2D eigenvalue weighted by Crippen LogP contribution is -2.50. The Morgan fingerprint density at radius 2 is 1.52 bits per heavy atom. The summed E-state index contributed by atoms with van der Waals surface area (Å²) in [7, 11) is 0. The van der Waals surface area contributed by atoms with Crippen LogP contribution in [-0.2, 0) is 9.59 Å². The zero-order valence-corrected chi connectivity index (χ0v) is 23.1. The van der Waals surface area contributed by atoms with Gasteiger partial charge in [0.25, 0.3) is 5.88 Å². The summed E-state index contributed by atoms with van der Waals surface area (Å²) in [5.41, 5.74) is -2.27. The van der Waals surface area contributed by atoms with Crippen LogP contribution in [0.25, 0.3) is 16.7 Å². The van der Waals surface area contributed by atoms with Crippen LogP contribution in [0.3, 0.4) is 0 Å². The van der Waals surface area contributed by atoms with Crippen molar-refractivity contribution in [3.8, 4) is 17.4 Å². The summed E-state index contributed by atoms with van der Waals surface area (Å²) in [5, 5.41) is 4.34. The van der Waals surface area contributed by atoms with Crippen LogP contribution in [0.2, 0.25) is 0 Å². The molecular weight excluding hydrogens is 548 g/mol. The Bertz CT molecular complexity index is 1660. The first-order valence-electron chi connectivity index (χ1n) is 14.4. The van der Waals surface area contributed by atoms with Gasteiger partial charge >= 0.3 is 23.2 Å². The van der Waals surface area contributed by atoms with Gasteiger partial charge in [0.1, 0.15) is 0 Å². The van der Waals surface area contributed by atoms with Crippen molar-refractivity contribution >= 4 is 28.6 Å². The lowest BCUT2D eigenvalue weighted by molar-refractivity contribution is -0.133. The van der Waals surface area contributed by atoms with E-state index < -0.39 is 23.2 Å². The molecule has 1 aliphatic carbocycles. The van der Waals surface area contributed by atoms with Crippen molar-refractivity contribution in [2.24, 2.45) is 0 Å². The van der Waals surface area contributed by atoms with Gasteiger partial charge in [-0.3, -0.25) is 4.90 Å². The fraction of sp³-hybridized carbons (Fsp3) is 0.483. The molecule has 0 unspecified atom stereocenters. The summed E-state index contributed by atoms with van der Waals surface area (Å²) >= 11 is 0. The van der Waals surface area contributed by atoms with Gasteiger partial charge in [0, 0.05) is 56.5 Å². The zero-order chi connectivity index (χ0) is 29.1. The van der Waals surface area contributed by atoms with Gasteiger partial charge in [0.05, 0.1) is 12.8 Å². The third kappa shape index (κ3) is 6.16. The molecule has 6 rings (SSSR count). The van der Waals surface area contributed by atoms with Crippen molar-refractivity contribution in [3.05, 3.63) is 51.3 Å². The molecule has 0 atom stereocenters. The predicted molar refractivity (Wildman–Crippen MR) is 149 cm³/mol. The Labute approximate surface area is 239 Å². The number of carbonyl (C=O) groups excluding carboxylic acids is 2. The molecule has 3 aromatic heterocycles. The second-order valence-electron chi connectivity index (χ2n) is 10.7. The molecule has 0 amide bonds. The number of aromatic nitrogens is 2. The highest BCUT2D eigenvalue weighted by molar-refractivity contribution is 6.00. The van der Waals surface area contributed by atoms with Gasteiger partial charge < -0.3 is 27.9 Å². The molecule has 13 heteroatoms. The average molecular weight is 581 g/mol. The van der Waals surface area contributed by atoms with E-state index in [2.05, 4.69) is 14.9 Å². The maximum atomic E-state index is 12.4. The monoisotopic (exact) mass is 580 g/mol. The molecule has 0 N–H and O–H groups in total. The molecule has 5 heterocycles. The fourth-order valence-electron chi connectivity index (χ4n) is 5.76. The van der Waals surface area contributed by atoms with E-state index in [0.717, 1.165) is 75.9 Å². The van der Waals surface area contributed by atoms with E-state index in [1.807, 2.05) is 0 Å². The highest BCUT2D eigenvalue weighted by atomic mass is 16.6. The largest absolute Gasteiger partial charge is 0.474 e. The molecule has 2 aliphatic heterocycles. The molecule has 0 spiro atoms. The van der Waals surface area contributed by atoms with E-state index in [-0.39, 0.29) is 40.7 Å². The van der Waals surface area contributed by atoms with Gasteiger partial charge in [0.15, 0.2) is 11.3 Å². The number of nitrogens with zero attached hydrogens (tertiary/aromatic N) is 4. The molecule has 222 valence electrons. The zero-order valence-electron chi connectivity index (χ0n) is 23.1. The maximum Gasteiger partial charge on any atom is 0.336 e. The molecule has 1 saturated carbocycles. The summed E-state index contributed by atoms with van der Waals surface area (Å²) in [6, 6.07) is 2.51. The number of ether oxygens (including phenoxy) is 3. The predicted octanol–water partition coefficient (Wildman–Crippen LogP) is 2.45. The minimum absolute atomic E-state index is 0.0154. The molecule has 2 fully saturated rings. The van der Waals surface area contributed by atoms with Crippen molar-refractivity contribution in [3.63, 3.8) is 0 Å². The maximum absolute atomic E-state index is 12.4. The minimum atomic E-state index is -0.946. The van der Waals surface area contributed by atoms with Crippen LogP contribution >= 0.6 is 0 Å². The van der Waals surface area contributed by atoms with Crippen molar-refractivity contribution in [2.45, 2.75) is 51.0 Å². The number of esters is 2. The van der Waals surface area contributed by atoms with Crippen LogP contribution in [0.5, 0.6) is 17.4 Å². The van der Waals surface area contributed by atoms with Gasteiger partial charge in [-0.2, -0.15) is 0 Å². The van der Waals surface area contributed by atoms with Crippen LogP contribution < -0.4 is 25.5 Å². The number of fused-ring (bicyclic) bond motifs is 2. The Morgan fingerprint density at radius 3 is 2.26 bits per heavy atom. The highest BCUT2D eigenvalue weighted by Crippen LogP contribution is 2.39. The van der Waals surface area contributed by atoms with Crippen LogP contribution in [-0.4, -0.2) is 76.7 Å². The minimum Gasteiger partial charge on any atom is -0.474 e. The normalized spacial score (nSPS) is 19.5. The number of hydrogen-bond donors (Lipinski definition) is 0. The summed E-state index contributed by atoms with van der Waals surface area (Å²) in [5.74, 6) is -2.36. The van der Waals surface area contributed by atoms with Crippen molar-refractivity contribution < 1.29 is 32.6 Å². The molecule has 42 heavy (non-hydrogen) atoms. The molecule has 0 aromatic carbocycles. The quantitative estimate of drug-likeness (QED) is 0.299. The van der Waals surface area contributed by atoms with Gasteiger partial charge in [-0.25, -0.2) is 23.7 Å². The highest BCUT2D eigenvalue weighted by Gasteiger charge is 2.27. The third-order valence-corrected chi connectivity index (χ3v) is 7.86. The van der Waals surface area contributed by atoms with Crippen molar-refractivity contribution in [1.82, 2.24) is 19.4 Å². The molecule has 13 nitrogen and oxygen atoms in total. The Balaban J connectivity index is 1.18. The summed E-state index contributed by atoms with van der Waals surface area (Å²) in [4.78, 5) is 54.2. The fourth-order valence-corrected chi connectivity index (χ4v) is 5.76. The number of piperazine rings is 1. The van der Waals surface area contributed by atoms with Crippen molar-refractivity contribution in [1.29, 1.82) is 0 Å². The lowest BCUT2D eigenvalue weighted by Gasteiger charge is -2.40. The Hall–Kier alpha value is -4.23. The second-order valence-corrected chi connectivity index (χ2v) is 10.7. The number of hydrogen-bond acceptors (Lipinski definition) is 12. The lowest BCUT2D eigenvalue weighted by atomic mass is 9.94. The molecule has 3 aromatic rings. The van der Waals surface area contributed by atoms with E-state index in [0.29, 0.717) is 0 Å². The van der Waals surface area contributed by atoms with E-state index >= 15 is 0 Å². The summed E-state index contributed by atoms with van der Waals surface area (Å²) in [6.07, 6.45) is 11.4. The number of rotatable bonds is 7. The first-order chi connectivity index (χ1) is 20.4. The van der Waals surface area contributed by atoms with Gasteiger partial charge in [-0.05, 0) is 32.2 Å². The summed E-state index contributed by atoms with van der Waals surface area (Å²) in [6.45, 7) is 5.60. The third-order valence-electron chi connectivity index (χ3n) is 7.86. The van der Waals surface area contributed by atoms with E-state index in [4.69, 9.17) is 23.0 Å². The molecule has 3 aliphatic rings. The van der Waals surface area contributed by atoms with Crippen LogP contribution in [0, 0.1) is 0 Å². The van der Waals surface area contributed by atoms with Crippen LogP contribution in [0.1, 0.15) is 44.9 Å². The Kier molecular flexibility index (Phi) is 8.20. The standard InChI is InChI=1S/C29H32N4O9/c34-21-8-9-22(35)40-26-20(39-21)18-33-25-27(26)41-23(36)10-11-24(37)42-28(25)29(30-33)38-17-5-4-12-31-13-15-32(16-14-31)19-6-2-1-3-7-19/h8-11,18-19H,1-7,12-17H2/b9-8-,11-10?. The smallest absolute Gasteiger partial charge is 0.336 e. The van der Waals surface area contributed by atoms with Gasteiger partial charge in [0.2, 0.25) is 16.9 Å². The first kappa shape index (κ1) is 27.9. The molecule has 1 saturated heterocycles. The number of carbonyl (C=O) groups is 2. The second kappa shape index (κ2) is 12.3. The molecular formula is C29H32N4O9. The first-order valence-corrected chi connectivity index (χ1v) is 14.4. The van der Waals surface area contributed by atoms with Crippen LogP contribution in [0.15, 0.2) is 48.9 Å². The number of unbranched alkanes of at least 4 members (excludes halogenated alkanes) is 1. The van der Waals surface area contributed by atoms with E-state index in [1.165, 1.54) is 42.8 Å².